The zero-order valence-electron chi connectivity index (χ0n) is 9.22. The zero-order chi connectivity index (χ0) is 11.6. The van der Waals surface area contributed by atoms with Crippen LogP contribution in [0.5, 0.6) is 0 Å². The van der Waals surface area contributed by atoms with Crippen molar-refractivity contribution < 1.29 is 13.9 Å². The van der Waals surface area contributed by atoms with Crippen molar-refractivity contribution >= 4 is 0 Å². The summed E-state index contributed by atoms with van der Waals surface area (Å²) in [6.07, 6.45) is -0.561. The first-order chi connectivity index (χ1) is 6.79. The molecule has 0 amide bonds. The normalized spacial score (nSPS) is 14.0. The van der Waals surface area contributed by atoms with Gasteiger partial charge in [0.25, 0.3) is 0 Å². The minimum Gasteiger partial charge on any atom is -0.388 e. The molecule has 1 aromatic rings. The monoisotopic (exact) mass is 214 g/mol. The van der Waals surface area contributed by atoms with Crippen molar-refractivity contribution in [2.24, 2.45) is 5.41 Å². The Bertz CT molecular complexity index is 342. The third kappa shape index (κ3) is 3.59. The number of benzene rings is 1. The van der Waals surface area contributed by atoms with Crippen molar-refractivity contribution in [2.75, 3.05) is 0 Å². The van der Waals surface area contributed by atoms with Crippen LogP contribution in [0.2, 0.25) is 0 Å². The zero-order valence-corrected chi connectivity index (χ0v) is 9.22. The van der Waals surface area contributed by atoms with Gasteiger partial charge in [0.1, 0.15) is 11.6 Å². The maximum Gasteiger partial charge on any atom is 0.129 e. The summed E-state index contributed by atoms with van der Waals surface area (Å²) in [4.78, 5) is 0. The van der Waals surface area contributed by atoms with Crippen LogP contribution in [0, 0.1) is 17.0 Å². The van der Waals surface area contributed by atoms with Gasteiger partial charge in [-0.1, -0.05) is 20.8 Å². The van der Waals surface area contributed by atoms with E-state index < -0.39 is 17.7 Å². The molecular formula is C12H16F2O. The molecule has 0 fully saturated rings. The standard InChI is InChI=1S/C12H16F2O/c1-12(2,3)7-11(15)9-6-8(13)4-5-10(9)14/h4-6,11,15H,7H2,1-3H3. The van der Waals surface area contributed by atoms with Crippen molar-refractivity contribution in [3.05, 3.63) is 35.4 Å². The van der Waals surface area contributed by atoms with E-state index in [0.717, 1.165) is 18.2 Å². The highest BCUT2D eigenvalue weighted by atomic mass is 19.1. The van der Waals surface area contributed by atoms with Crippen LogP contribution in [0.25, 0.3) is 0 Å². The molecule has 0 aromatic heterocycles. The van der Waals surface area contributed by atoms with Gasteiger partial charge in [-0.05, 0) is 30.0 Å². The molecule has 0 bridgehead atoms. The van der Waals surface area contributed by atoms with Crippen molar-refractivity contribution in [3.8, 4) is 0 Å². The van der Waals surface area contributed by atoms with Crippen molar-refractivity contribution in [2.45, 2.75) is 33.3 Å². The number of hydrogen-bond acceptors (Lipinski definition) is 1. The first kappa shape index (κ1) is 12.1. The van der Waals surface area contributed by atoms with Gasteiger partial charge in [0, 0.05) is 5.56 Å². The van der Waals surface area contributed by atoms with Gasteiger partial charge < -0.3 is 5.11 Å². The molecule has 1 rings (SSSR count). The summed E-state index contributed by atoms with van der Waals surface area (Å²) < 4.78 is 26.1. The van der Waals surface area contributed by atoms with Crippen LogP contribution < -0.4 is 0 Å². The quantitative estimate of drug-likeness (QED) is 0.799. The molecule has 3 heteroatoms. The van der Waals surface area contributed by atoms with Gasteiger partial charge in [0.2, 0.25) is 0 Å². The average molecular weight is 214 g/mol. The maximum absolute atomic E-state index is 13.3. The SMILES string of the molecule is CC(C)(C)CC(O)c1cc(F)ccc1F. The lowest BCUT2D eigenvalue weighted by molar-refractivity contribution is 0.118. The minimum atomic E-state index is -0.958. The van der Waals surface area contributed by atoms with E-state index in [1.807, 2.05) is 20.8 Å². The first-order valence-electron chi connectivity index (χ1n) is 4.92. The van der Waals surface area contributed by atoms with E-state index >= 15 is 0 Å². The highest BCUT2D eigenvalue weighted by molar-refractivity contribution is 5.21. The van der Waals surface area contributed by atoms with Crippen LogP contribution in [-0.2, 0) is 0 Å². The van der Waals surface area contributed by atoms with E-state index in [2.05, 4.69) is 0 Å². The molecule has 1 unspecified atom stereocenters. The number of rotatable bonds is 2. The van der Waals surface area contributed by atoms with Gasteiger partial charge in [-0.25, -0.2) is 8.78 Å². The predicted molar refractivity (Wildman–Crippen MR) is 55.4 cm³/mol. The Morgan fingerprint density at radius 2 is 1.87 bits per heavy atom. The maximum atomic E-state index is 13.3. The van der Waals surface area contributed by atoms with Crippen molar-refractivity contribution in [3.63, 3.8) is 0 Å². The molecule has 0 saturated heterocycles. The van der Waals surface area contributed by atoms with Crippen LogP contribution in [-0.4, -0.2) is 5.11 Å². The fourth-order valence-electron chi connectivity index (χ4n) is 1.46. The summed E-state index contributed by atoms with van der Waals surface area (Å²) in [6.45, 7) is 5.81. The van der Waals surface area contributed by atoms with Crippen LogP contribution in [0.4, 0.5) is 8.78 Å². The molecule has 1 nitrogen and oxygen atoms in total. The van der Waals surface area contributed by atoms with E-state index in [1.54, 1.807) is 0 Å². The first-order valence-corrected chi connectivity index (χ1v) is 4.92. The molecule has 15 heavy (non-hydrogen) atoms. The lowest BCUT2D eigenvalue weighted by Crippen LogP contribution is -2.12. The fourth-order valence-corrected chi connectivity index (χ4v) is 1.46. The molecule has 1 atom stereocenters. The molecule has 0 saturated carbocycles. The highest BCUT2D eigenvalue weighted by Crippen LogP contribution is 2.30. The van der Waals surface area contributed by atoms with E-state index in [-0.39, 0.29) is 11.0 Å². The van der Waals surface area contributed by atoms with Gasteiger partial charge in [-0.15, -0.1) is 0 Å². The molecule has 84 valence electrons. The molecular weight excluding hydrogens is 198 g/mol. The number of hydrogen-bond donors (Lipinski definition) is 1. The highest BCUT2D eigenvalue weighted by Gasteiger charge is 2.20. The average Bonchev–Trinajstić information content (AvgIpc) is 2.06. The Morgan fingerprint density at radius 1 is 1.27 bits per heavy atom. The molecule has 0 aliphatic carbocycles. The molecule has 0 radical (unpaired) electrons. The van der Waals surface area contributed by atoms with Crippen LogP contribution in [0.15, 0.2) is 18.2 Å². The second kappa shape index (κ2) is 4.27. The smallest absolute Gasteiger partial charge is 0.129 e. The summed E-state index contributed by atoms with van der Waals surface area (Å²) >= 11 is 0. The Kier molecular flexibility index (Phi) is 3.45. The Hall–Kier alpha value is -0.960. The Labute approximate surface area is 88.7 Å². The summed E-state index contributed by atoms with van der Waals surface area (Å²) in [5.41, 5.74) is -0.0945. The summed E-state index contributed by atoms with van der Waals surface area (Å²) in [7, 11) is 0. The van der Waals surface area contributed by atoms with Crippen molar-refractivity contribution in [1.29, 1.82) is 0 Å². The molecule has 1 aromatic carbocycles. The van der Waals surface area contributed by atoms with E-state index in [0.29, 0.717) is 6.42 Å². The van der Waals surface area contributed by atoms with E-state index in [9.17, 15) is 13.9 Å². The third-order valence-corrected chi connectivity index (χ3v) is 2.12. The Morgan fingerprint density at radius 3 is 2.40 bits per heavy atom. The fraction of sp³-hybridized carbons (Fsp3) is 0.500. The van der Waals surface area contributed by atoms with Gasteiger partial charge >= 0.3 is 0 Å². The lowest BCUT2D eigenvalue weighted by atomic mass is 9.87. The molecule has 1 N–H and O–H groups in total. The molecule has 0 heterocycles. The summed E-state index contributed by atoms with van der Waals surface area (Å²) in [6, 6.07) is 3.13. The van der Waals surface area contributed by atoms with Gasteiger partial charge in [0.15, 0.2) is 0 Å². The van der Waals surface area contributed by atoms with Gasteiger partial charge in [0.05, 0.1) is 6.10 Å². The topological polar surface area (TPSA) is 20.2 Å². The van der Waals surface area contributed by atoms with Crippen LogP contribution >= 0.6 is 0 Å². The molecule has 0 aliphatic rings. The number of aliphatic hydroxyl groups excluding tert-OH is 1. The lowest BCUT2D eigenvalue weighted by Gasteiger charge is -2.22. The summed E-state index contributed by atoms with van der Waals surface area (Å²) in [5, 5.41) is 9.75. The molecule has 0 aliphatic heterocycles. The molecule has 0 spiro atoms. The number of halogens is 2. The second-order valence-electron chi connectivity index (χ2n) is 4.95. The van der Waals surface area contributed by atoms with Crippen molar-refractivity contribution in [1.82, 2.24) is 0 Å². The van der Waals surface area contributed by atoms with Crippen LogP contribution in [0.1, 0.15) is 38.9 Å². The predicted octanol–water partition coefficient (Wildman–Crippen LogP) is 3.43. The summed E-state index contributed by atoms with van der Waals surface area (Å²) in [5.74, 6) is -1.09. The third-order valence-electron chi connectivity index (χ3n) is 2.12. The van der Waals surface area contributed by atoms with Crippen LogP contribution in [0.3, 0.4) is 0 Å². The van der Waals surface area contributed by atoms with Gasteiger partial charge in [-0.2, -0.15) is 0 Å². The minimum absolute atomic E-state index is 0.0323. The number of aliphatic hydroxyl groups is 1. The Balaban J connectivity index is 2.90. The van der Waals surface area contributed by atoms with E-state index in [1.165, 1.54) is 0 Å². The largest absolute Gasteiger partial charge is 0.388 e. The van der Waals surface area contributed by atoms with Gasteiger partial charge in [-0.3, -0.25) is 0 Å². The second-order valence-corrected chi connectivity index (χ2v) is 4.95. The van der Waals surface area contributed by atoms with E-state index in [4.69, 9.17) is 0 Å².